The molecule has 184 valence electrons. The van der Waals surface area contributed by atoms with Gasteiger partial charge in [-0.05, 0) is 60.7 Å². The number of aliphatic imine (C=N–C) groups is 1. The van der Waals surface area contributed by atoms with E-state index in [1.165, 1.54) is 7.11 Å². The maximum Gasteiger partial charge on any atom is 0.208 e. The quantitative estimate of drug-likeness (QED) is 0.397. The summed E-state index contributed by atoms with van der Waals surface area (Å²) in [7, 11) is -1.83. The van der Waals surface area contributed by atoms with Crippen LogP contribution in [-0.2, 0) is 14.6 Å². The molecule has 0 radical (unpaired) electrons. The largest absolute Gasteiger partial charge is 0.370 e. The van der Waals surface area contributed by atoms with E-state index in [1.54, 1.807) is 36.4 Å². The van der Waals surface area contributed by atoms with E-state index in [4.69, 9.17) is 26.3 Å². The highest BCUT2D eigenvalue weighted by molar-refractivity contribution is 7.90. The normalized spacial score (nSPS) is 18.9. The van der Waals surface area contributed by atoms with Crippen LogP contribution in [0.25, 0.3) is 10.9 Å². The van der Waals surface area contributed by atoms with Crippen molar-refractivity contribution in [3.05, 3.63) is 101 Å². The molecule has 2 atom stereocenters. The van der Waals surface area contributed by atoms with Crippen LogP contribution in [0.1, 0.15) is 17.4 Å². The molecule has 3 aromatic carbocycles. The lowest BCUT2D eigenvalue weighted by molar-refractivity contribution is -0.0813. The van der Waals surface area contributed by atoms with Crippen LogP contribution in [-0.4, -0.2) is 50.0 Å². The third-order valence-corrected chi connectivity index (χ3v) is 7.55. The van der Waals surface area contributed by atoms with E-state index in [9.17, 15) is 13.5 Å². The number of pyridine rings is 1. The molecule has 1 aromatic heterocycles. The fourth-order valence-electron chi connectivity index (χ4n) is 4.41. The first kappa shape index (κ1) is 24.4. The monoisotopic (exact) mass is 521 g/mol. The number of benzene rings is 3. The molecule has 9 heteroatoms. The van der Waals surface area contributed by atoms with Gasteiger partial charge < -0.3 is 14.7 Å². The number of ether oxygens (including phenoxy) is 1. The second-order valence-corrected chi connectivity index (χ2v) is 11.2. The molecule has 5 rings (SSSR count). The second-order valence-electron chi connectivity index (χ2n) is 8.72. The van der Waals surface area contributed by atoms with Gasteiger partial charge in [0, 0.05) is 35.0 Å². The van der Waals surface area contributed by atoms with Gasteiger partial charge in [-0.15, -0.1) is 0 Å². The molecule has 36 heavy (non-hydrogen) atoms. The van der Waals surface area contributed by atoms with Crippen LogP contribution < -0.4 is 4.90 Å². The van der Waals surface area contributed by atoms with Gasteiger partial charge in [0.05, 0.1) is 22.7 Å². The zero-order valence-corrected chi connectivity index (χ0v) is 21.2. The Bertz CT molecular complexity index is 1560. The molecule has 2 unspecified atom stereocenters. The number of fused-ring (bicyclic) bond motifs is 1. The average molecular weight is 522 g/mol. The molecule has 7 nitrogen and oxygen atoms in total. The summed E-state index contributed by atoms with van der Waals surface area (Å²) in [4.78, 5) is 11.5. The molecular weight excluding hydrogens is 498 g/mol. The number of anilines is 1. The van der Waals surface area contributed by atoms with E-state index in [-0.39, 0.29) is 11.4 Å². The topological polar surface area (TPSA) is 92.1 Å². The fourth-order valence-corrected chi connectivity index (χ4v) is 5.17. The van der Waals surface area contributed by atoms with E-state index in [1.807, 2.05) is 53.4 Å². The number of nitrogens with zero attached hydrogens (tertiary/aromatic N) is 3. The lowest BCUT2D eigenvalue weighted by Gasteiger charge is -2.30. The van der Waals surface area contributed by atoms with Gasteiger partial charge in [-0.2, -0.15) is 0 Å². The van der Waals surface area contributed by atoms with Crippen molar-refractivity contribution in [1.29, 1.82) is 0 Å². The van der Waals surface area contributed by atoms with Crippen LogP contribution in [0.3, 0.4) is 0 Å². The Morgan fingerprint density at radius 1 is 1.00 bits per heavy atom. The summed E-state index contributed by atoms with van der Waals surface area (Å²) in [6.07, 6.45) is 0.307. The number of β-amino-alcohol motifs (C(OH)–C–C–N with tert-alkyl or cyclic N) is 1. The molecule has 4 aromatic rings. The van der Waals surface area contributed by atoms with Gasteiger partial charge in [-0.1, -0.05) is 35.9 Å². The highest BCUT2D eigenvalue weighted by Gasteiger charge is 2.47. The third kappa shape index (κ3) is 4.60. The lowest BCUT2D eigenvalue weighted by Crippen LogP contribution is -2.42. The summed E-state index contributed by atoms with van der Waals surface area (Å²) in [6, 6.07) is 25.1. The molecular formula is C27H24ClN3O4S. The average Bonchev–Trinajstić information content (AvgIpc) is 3.22. The van der Waals surface area contributed by atoms with Crippen molar-refractivity contribution in [2.24, 2.45) is 4.99 Å². The highest BCUT2D eigenvalue weighted by Crippen LogP contribution is 2.38. The van der Waals surface area contributed by atoms with Gasteiger partial charge in [-0.25, -0.2) is 18.4 Å². The molecule has 0 saturated carbocycles. The van der Waals surface area contributed by atoms with Gasteiger partial charge >= 0.3 is 0 Å². The highest BCUT2D eigenvalue weighted by atomic mass is 35.5. The van der Waals surface area contributed by atoms with Crippen LogP contribution >= 0.6 is 11.6 Å². The number of rotatable bonds is 6. The standard InChI is InChI=1S/C27H24ClN3O4S/c1-35-25(24-16-9-18-5-3-4-6-23(18)29-24)27(32)17-31(21-12-14-22(15-13-21)36(2,33)34)26(30-27)19-7-10-20(28)11-8-19/h3-16,25,32H,17H2,1-2H3. The maximum absolute atomic E-state index is 12.0. The molecule has 0 aliphatic carbocycles. The summed E-state index contributed by atoms with van der Waals surface area (Å²) in [5.41, 5.74) is 1.08. The molecule has 1 aliphatic rings. The van der Waals surface area contributed by atoms with Crippen molar-refractivity contribution in [1.82, 2.24) is 4.98 Å². The summed E-state index contributed by atoms with van der Waals surface area (Å²) in [5.74, 6) is 0.504. The van der Waals surface area contributed by atoms with Crippen LogP contribution in [0.4, 0.5) is 5.69 Å². The predicted octanol–water partition coefficient (Wildman–Crippen LogP) is 4.63. The molecule has 1 N–H and O–H groups in total. The van der Waals surface area contributed by atoms with E-state index in [0.29, 0.717) is 22.2 Å². The second kappa shape index (κ2) is 9.29. The Hall–Kier alpha value is -3.30. The van der Waals surface area contributed by atoms with E-state index in [0.717, 1.165) is 22.7 Å². The third-order valence-electron chi connectivity index (χ3n) is 6.17. The number of para-hydroxylation sites is 1. The predicted molar refractivity (Wildman–Crippen MR) is 141 cm³/mol. The van der Waals surface area contributed by atoms with E-state index in [2.05, 4.69) is 0 Å². The number of halogens is 1. The van der Waals surface area contributed by atoms with Crippen molar-refractivity contribution < 1.29 is 18.3 Å². The van der Waals surface area contributed by atoms with Crippen molar-refractivity contribution in [3.63, 3.8) is 0 Å². The first-order valence-electron chi connectivity index (χ1n) is 11.2. The summed E-state index contributed by atoms with van der Waals surface area (Å²) in [5, 5.41) is 13.4. The van der Waals surface area contributed by atoms with Gasteiger partial charge in [-0.3, -0.25) is 0 Å². The molecule has 1 aliphatic heterocycles. The Balaban J connectivity index is 1.59. The first-order chi connectivity index (χ1) is 17.2. The summed E-state index contributed by atoms with van der Waals surface area (Å²) >= 11 is 6.10. The van der Waals surface area contributed by atoms with Gasteiger partial charge in [0.1, 0.15) is 5.84 Å². The molecule has 0 bridgehead atoms. The van der Waals surface area contributed by atoms with Crippen LogP contribution in [0, 0.1) is 0 Å². The minimum absolute atomic E-state index is 0.0657. The molecule has 0 saturated heterocycles. The number of aromatic nitrogens is 1. The van der Waals surface area contributed by atoms with Crippen molar-refractivity contribution >= 4 is 43.9 Å². The smallest absolute Gasteiger partial charge is 0.208 e. The SMILES string of the molecule is COC(c1ccc2ccccc2n1)C1(O)CN(c2ccc(S(C)(=O)=O)cc2)C(c2ccc(Cl)cc2)=N1. The summed E-state index contributed by atoms with van der Waals surface area (Å²) < 4.78 is 29.7. The molecule has 0 fully saturated rings. The molecule has 2 heterocycles. The first-order valence-corrected chi connectivity index (χ1v) is 13.5. The lowest BCUT2D eigenvalue weighted by atomic mass is 10.0. The van der Waals surface area contributed by atoms with Crippen molar-refractivity contribution in [3.8, 4) is 0 Å². The molecule has 0 amide bonds. The van der Waals surface area contributed by atoms with Crippen LogP contribution in [0.15, 0.2) is 94.8 Å². The fraction of sp³-hybridized carbons (Fsp3) is 0.185. The Morgan fingerprint density at radius 2 is 1.69 bits per heavy atom. The minimum atomic E-state index is -3.35. The van der Waals surface area contributed by atoms with Crippen molar-refractivity contribution in [2.75, 3.05) is 24.8 Å². The number of hydrogen-bond acceptors (Lipinski definition) is 7. The van der Waals surface area contributed by atoms with Crippen LogP contribution in [0.5, 0.6) is 0 Å². The zero-order valence-electron chi connectivity index (χ0n) is 19.7. The maximum atomic E-state index is 12.0. The van der Waals surface area contributed by atoms with Crippen molar-refractivity contribution in [2.45, 2.75) is 16.7 Å². The zero-order chi connectivity index (χ0) is 25.5. The number of methoxy groups -OCH3 is 1. The Kier molecular flexibility index (Phi) is 6.30. The minimum Gasteiger partial charge on any atom is -0.370 e. The Morgan fingerprint density at radius 3 is 2.36 bits per heavy atom. The summed E-state index contributed by atoms with van der Waals surface area (Å²) in [6.45, 7) is 0.0657. The number of aliphatic hydroxyl groups is 1. The number of sulfone groups is 1. The van der Waals surface area contributed by atoms with Gasteiger partial charge in [0.25, 0.3) is 0 Å². The number of hydrogen-bond donors (Lipinski definition) is 1. The van der Waals surface area contributed by atoms with E-state index >= 15 is 0 Å². The van der Waals surface area contributed by atoms with Gasteiger partial charge in [0.15, 0.2) is 15.9 Å². The Labute approximate surface area is 214 Å². The van der Waals surface area contributed by atoms with Gasteiger partial charge in [0.2, 0.25) is 5.72 Å². The number of amidine groups is 1. The molecule has 0 spiro atoms. The van der Waals surface area contributed by atoms with Crippen LogP contribution in [0.2, 0.25) is 5.02 Å². The van der Waals surface area contributed by atoms with E-state index < -0.39 is 21.7 Å².